The van der Waals surface area contributed by atoms with Crippen LogP contribution >= 0.6 is 0 Å². The highest BCUT2D eigenvalue weighted by molar-refractivity contribution is 5.94. The fourth-order valence-corrected chi connectivity index (χ4v) is 4.66. The molecule has 7 nitrogen and oxygen atoms in total. The van der Waals surface area contributed by atoms with Crippen molar-refractivity contribution in [3.8, 4) is 28.7 Å². The van der Waals surface area contributed by atoms with Gasteiger partial charge in [0.15, 0.2) is 11.5 Å². The van der Waals surface area contributed by atoms with E-state index in [4.69, 9.17) is 18.9 Å². The summed E-state index contributed by atoms with van der Waals surface area (Å²) in [6.07, 6.45) is 0. The quantitative estimate of drug-likeness (QED) is 0.583. The highest BCUT2D eigenvalue weighted by Gasteiger charge is 2.30. The molecule has 0 aromatic heterocycles. The number of piperazine rings is 1. The Morgan fingerprint density at radius 3 is 1.97 bits per heavy atom. The lowest BCUT2D eigenvalue weighted by atomic mass is 9.92. The fourth-order valence-electron chi connectivity index (χ4n) is 4.66. The van der Waals surface area contributed by atoms with Crippen LogP contribution in [0.3, 0.4) is 0 Å². The number of hydrogen-bond acceptors (Lipinski definition) is 7. The number of methoxy groups -OCH3 is 4. The topological polar surface area (TPSA) is 63.6 Å². The van der Waals surface area contributed by atoms with Gasteiger partial charge in [-0.1, -0.05) is 24.3 Å². The lowest BCUT2D eigenvalue weighted by Crippen LogP contribution is -2.46. The Morgan fingerprint density at radius 2 is 1.39 bits per heavy atom. The third-order valence-electron chi connectivity index (χ3n) is 6.44. The van der Waals surface area contributed by atoms with Crippen molar-refractivity contribution < 1.29 is 24.1 Å². The lowest BCUT2D eigenvalue weighted by Gasteiger charge is -2.39. The molecule has 1 heterocycles. The van der Waals surface area contributed by atoms with E-state index in [0.29, 0.717) is 17.2 Å². The van der Waals surface area contributed by atoms with Gasteiger partial charge in [-0.25, -0.2) is 0 Å². The van der Waals surface area contributed by atoms with Gasteiger partial charge in [0.2, 0.25) is 5.75 Å². The van der Waals surface area contributed by atoms with Gasteiger partial charge in [0.05, 0.1) is 34.5 Å². The minimum atomic E-state index is -0.192. The maximum atomic E-state index is 11.5. The summed E-state index contributed by atoms with van der Waals surface area (Å²) in [5.74, 6) is 2.72. The molecule has 0 radical (unpaired) electrons. The van der Waals surface area contributed by atoms with Crippen LogP contribution in [0.25, 0.3) is 10.8 Å². The number of benzene rings is 3. The molecule has 0 spiro atoms. The minimum absolute atomic E-state index is 0.192. The Hall–Kier alpha value is -3.16. The van der Waals surface area contributed by atoms with Crippen molar-refractivity contribution in [2.75, 3.05) is 61.7 Å². The Kier molecular flexibility index (Phi) is 6.81. The molecule has 3 aromatic rings. The number of phenols is 1. The van der Waals surface area contributed by atoms with Crippen molar-refractivity contribution >= 4 is 10.8 Å². The molecule has 4 rings (SSSR count). The van der Waals surface area contributed by atoms with Crippen LogP contribution in [0.4, 0.5) is 0 Å². The van der Waals surface area contributed by atoms with Crippen molar-refractivity contribution in [3.63, 3.8) is 0 Å². The molecule has 1 N–H and O–H groups in total. The minimum Gasteiger partial charge on any atom is -0.507 e. The molecule has 1 fully saturated rings. The average Bonchev–Trinajstić information content (AvgIpc) is 2.85. The van der Waals surface area contributed by atoms with Gasteiger partial charge >= 0.3 is 0 Å². The number of rotatable bonds is 7. The van der Waals surface area contributed by atoms with Gasteiger partial charge in [-0.15, -0.1) is 0 Å². The molecule has 1 aliphatic heterocycles. The maximum Gasteiger partial charge on any atom is 0.203 e. The molecule has 0 amide bonds. The van der Waals surface area contributed by atoms with Crippen molar-refractivity contribution in [2.24, 2.45) is 0 Å². The summed E-state index contributed by atoms with van der Waals surface area (Å²) in [6.45, 7) is 3.63. The standard InChI is InChI=1S/C26H32N2O5/c1-27-11-13-28(14-12-27)24(17-15-22(31-3)26(33-5)23(16-17)32-4)20-10-9-18-19(25(20)29)7-6-8-21(18)30-2/h6-10,15-16,24,29H,11-14H2,1-5H3. The molecule has 7 heteroatoms. The van der Waals surface area contributed by atoms with Gasteiger partial charge < -0.3 is 29.0 Å². The molecular weight excluding hydrogens is 420 g/mol. The summed E-state index contributed by atoms with van der Waals surface area (Å²) in [5, 5.41) is 13.1. The molecule has 1 unspecified atom stereocenters. The smallest absolute Gasteiger partial charge is 0.203 e. The van der Waals surface area contributed by atoms with E-state index in [1.54, 1.807) is 28.4 Å². The normalized spacial score (nSPS) is 15.9. The van der Waals surface area contributed by atoms with Crippen molar-refractivity contribution in [1.82, 2.24) is 9.80 Å². The Morgan fingerprint density at radius 1 is 0.758 bits per heavy atom. The second-order valence-corrected chi connectivity index (χ2v) is 8.26. The van der Waals surface area contributed by atoms with Crippen LogP contribution in [0.1, 0.15) is 17.2 Å². The first kappa shape index (κ1) is 23.0. The van der Waals surface area contributed by atoms with Crippen LogP contribution in [-0.2, 0) is 0 Å². The van der Waals surface area contributed by atoms with E-state index in [1.807, 2.05) is 42.5 Å². The highest BCUT2D eigenvalue weighted by Crippen LogP contribution is 2.45. The van der Waals surface area contributed by atoms with Gasteiger partial charge in [-0.05, 0) is 30.8 Å². The zero-order chi connectivity index (χ0) is 23.5. The number of likely N-dealkylation sites (N-methyl/N-ethyl adjacent to an activating group) is 1. The van der Waals surface area contributed by atoms with Crippen LogP contribution in [0.5, 0.6) is 28.7 Å². The second kappa shape index (κ2) is 9.77. The summed E-state index contributed by atoms with van der Waals surface area (Å²) < 4.78 is 22.3. The molecule has 1 atom stereocenters. The Balaban J connectivity index is 1.91. The predicted molar refractivity (Wildman–Crippen MR) is 129 cm³/mol. The largest absolute Gasteiger partial charge is 0.507 e. The zero-order valence-electron chi connectivity index (χ0n) is 19.9. The van der Waals surface area contributed by atoms with Crippen LogP contribution in [-0.4, -0.2) is 76.6 Å². The van der Waals surface area contributed by atoms with Gasteiger partial charge in [0.25, 0.3) is 0 Å². The summed E-state index contributed by atoms with van der Waals surface area (Å²) in [4.78, 5) is 4.70. The maximum absolute atomic E-state index is 11.5. The second-order valence-electron chi connectivity index (χ2n) is 8.26. The van der Waals surface area contributed by atoms with Crippen molar-refractivity contribution in [1.29, 1.82) is 0 Å². The van der Waals surface area contributed by atoms with E-state index in [9.17, 15) is 5.11 Å². The first-order chi connectivity index (χ1) is 16.0. The molecule has 3 aromatic carbocycles. The van der Waals surface area contributed by atoms with Gasteiger partial charge in [0, 0.05) is 42.5 Å². The van der Waals surface area contributed by atoms with E-state index < -0.39 is 0 Å². The summed E-state index contributed by atoms with van der Waals surface area (Å²) in [5.41, 5.74) is 1.79. The van der Waals surface area contributed by atoms with Crippen molar-refractivity contribution in [2.45, 2.75) is 6.04 Å². The number of ether oxygens (including phenoxy) is 4. The third-order valence-corrected chi connectivity index (χ3v) is 6.44. The monoisotopic (exact) mass is 452 g/mol. The highest BCUT2D eigenvalue weighted by atomic mass is 16.5. The summed E-state index contributed by atoms with van der Waals surface area (Å²) >= 11 is 0. The molecule has 0 bridgehead atoms. The summed E-state index contributed by atoms with van der Waals surface area (Å²) in [7, 11) is 8.60. The van der Waals surface area contributed by atoms with Crippen LogP contribution in [0, 0.1) is 0 Å². The van der Waals surface area contributed by atoms with Crippen LogP contribution in [0.2, 0.25) is 0 Å². The molecule has 1 saturated heterocycles. The summed E-state index contributed by atoms with van der Waals surface area (Å²) in [6, 6.07) is 13.5. The third kappa shape index (κ3) is 4.26. The number of phenolic OH excluding ortho intramolecular Hbond substituents is 1. The van der Waals surface area contributed by atoms with E-state index >= 15 is 0 Å². The molecular formula is C26H32N2O5. The van der Waals surface area contributed by atoms with E-state index in [2.05, 4.69) is 16.8 Å². The number of hydrogen-bond donors (Lipinski definition) is 1. The number of nitrogens with zero attached hydrogens (tertiary/aromatic N) is 2. The Labute approximate surface area is 195 Å². The molecule has 176 valence electrons. The van der Waals surface area contributed by atoms with E-state index in [0.717, 1.165) is 53.8 Å². The fraction of sp³-hybridized carbons (Fsp3) is 0.385. The lowest BCUT2D eigenvalue weighted by molar-refractivity contribution is 0.126. The van der Waals surface area contributed by atoms with Crippen LogP contribution < -0.4 is 18.9 Å². The SMILES string of the molecule is COc1cc(C(c2ccc3c(OC)cccc3c2O)N2CCN(C)CC2)cc(OC)c1OC. The van der Waals surface area contributed by atoms with Crippen molar-refractivity contribution in [3.05, 3.63) is 53.6 Å². The van der Waals surface area contributed by atoms with Gasteiger partial charge in [-0.2, -0.15) is 0 Å². The number of fused-ring (bicyclic) bond motifs is 1. The Bertz CT molecular complexity index is 1100. The first-order valence-corrected chi connectivity index (χ1v) is 11.0. The predicted octanol–water partition coefficient (Wildman–Crippen LogP) is 3.92. The van der Waals surface area contributed by atoms with E-state index in [-0.39, 0.29) is 11.8 Å². The first-order valence-electron chi connectivity index (χ1n) is 11.0. The molecule has 0 aliphatic carbocycles. The van der Waals surface area contributed by atoms with Gasteiger partial charge in [0.1, 0.15) is 11.5 Å². The average molecular weight is 453 g/mol. The van der Waals surface area contributed by atoms with Gasteiger partial charge in [-0.3, -0.25) is 4.90 Å². The molecule has 33 heavy (non-hydrogen) atoms. The molecule has 1 aliphatic rings. The molecule has 0 saturated carbocycles. The number of aromatic hydroxyl groups is 1. The van der Waals surface area contributed by atoms with E-state index in [1.165, 1.54) is 0 Å². The van der Waals surface area contributed by atoms with Crippen LogP contribution in [0.15, 0.2) is 42.5 Å². The zero-order valence-corrected chi connectivity index (χ0v) is 19.9.